The fourth-order valence-electron chi connectivity index (χ4n) is 1.28. The number of unbranched alkanes of at least 4 members (excludes halogenated alkanes) is 1. The quantitative estimate of drug-likeness (QED) is 0.594. The molecule has 0 unspecified atom stereocenters. The molecule has 1 aromatic rings. The van der Waals surface area contributed by atoms with Crippen LogP contribution in [0.4, 0.5) is 0 Å². The van der Waals surface area contributed by atoms with E-state index in [9.17, 15) is 14.4 Å². The third kappa shape index (κ3) is 4.96. The van der Waals surface area contributed by atoms with Crippen molar-refractivity contribution in [3.8, 4) is 0 Å². The summed E-state index contributed by atoms with van der Waals surface area (Å²) in [5.74, 6) is -0.586. The molecule has 0 aliphatic carbocycles. The molecular formula is C11H15N3O3. The monoisotopic (exact) mass is 237 g/mol. The van der Waals surface area contributed by atoms with Crippen LogP contribution in [-0.2, 0) is 4.79 Å². The highest BCUT2D eigenvalue weighted by Gasteiger charge is 2.04. The summed E-state index contributed by atoms with van der Waals surface area (Å²) in [7, 11) is 0. The Hall–Kier alpha value is -2.11. The highest BCUT2D eigenvalue weighted by Crippen LogP contribution is 1.95. The maximum absolute atomic E-state index is 11.5. The van der Waals surface area contributed by atoms with Gasteiger partial charge < -0.3 is 16.0 Å². The molecule has 1 heterocycles. The third-order valence-electron chi connectivity index (χ3n) is 2.18. The number of aromatic amines is 1. The summed E-state index contributed by atoms with van der Waals surface area (Å²) in [6.45, 7) is 0.477. The predicted molar refractivity (Wildman–Crippen MR) is 62.4 cm³/mol. The van der Waals surface area contributed by atoms with E-state index in [0.29, 0.717) is 31.4 Å². The number of hydrogen-bond donors (Lipinski definition) is 3. The number of H-pyrrole nitrogens is 1. The molecule has 0 atom stereocenters. The van der Waals surface area contributed by atoms with E-state index in [4.69, 9.17) is 5.73 Å². The Labute approximate surface area is 98.2 Å². The Morgan fingerprint density at radius 1 is 1.29 bits per heavy atom. The minimum absolute atomic E-state index is 0.247. The Morgan fingerprint density at radius 3 is 2.65 bits per heavy atom. The molecule has 0 bridgehead atoms. The molecule has 0 aromatic carbocycles. The second kappa shape index (κ2) is 6.47. The minimum atomic E-state index is -0.336. The van der Waals surface area contributed by atoms with Crippen molar-refractivity contribution in [2.45, 2.75) is 19.3 Å². The summed E-state index contributed by atoms with van der Waals surface area (Å²) < 4.78 is 0. The standard InChI is InChI=1S/C11H15N3O3/c12-9(15)3-1-2-6-13-11(17)8-4-5-10(16)14-7-8/h4-5,7H,1-3,6H2,(H2,12,15)(H,13,17)(H,14,16). The molecule has 0 aliphatic heterocycles. The number of carbonyl (C=O) groups excluding carboxylic acids is 2. The van der Waals surface area contributed by atoms with Gasteiger partial charge >= 0.3 is 0 Å². The number of nitrogens with two attached hydrogens (primary N) is 1. The summed E-state index contributed by atoms with van der Waals surface area (Å²) in [5.41, 5.74) is 5.13. The van der Waals surface area contributed by atoms with Gasteiger partial charge in [0.1, 0.15) is 0 Å². The lowest BCUT2D eigenvalue weighted by atomic mass is 10.2. The zero-order valence-electron chi connectivity index (χ0n) is 9.36. The number of amides is 2. The van der Waals surface area contributed by atoms with Crippen LogP contribution in [0.25, 0.3) is 0 Å². The molecule has 4 N–H and O–H groups in total. The molecule has 0 spiro atoms. The smallest absolute Gasteiger partial charge is 0.252 e. The van der Waals surface area contributed by atoms with Gasteiger partial charge in [0.15, 0.2) is 0 Å². The fraction of sp³-hybridized carbons (Fsp3) is 0.364. The molecule has 17 heavy (non-hydrogen) atoms. The first-order valence-corrected chi connectivity index (χ1v) is 5.35. The normalized spacial score (nSPS) is 9.88. The van der Waals surface area contributed by atoms with E-state index in [0.717, 1.165) is 0 Å². The van der Waals surface area contributed by atoms with Crippen LogP contribution in [0.15, 0.2) is 23.1 Å². The number of pyridine rings is 1. The van der Waals surface area contributed by atoms with Crippen LogP contribution in [0.1, 0.15) is 29.6 Å². The van der Waals surface area contributed by atoms with Crippen molar-refractivity contribution in [3.63, 3.8) is 0 Å². The van der Waals surface area contributed by atoms with E-state index < -0.39 is 0 Å². The maximum Gasteiger partial charge on any atom is 0.252 e. The van der Waals surface area contributed by atoms with Gasteiger partial charge in [0.05, 0.1) is 5.56 Å². The van der Waals surface area contributed by atoms with Crippen LogP contribution < -0.4 is 16.6 Å². The Morgan fingerprint density at radius 2 is 2.06 bits per heavy atom. The summed E-state index contributed by atoms with van der Waals surface area (Å²) in [5, 5.41) is 2.68. The predicted octanol–water partition coefficient (Wildman–Crippen LogP) is -0.240. The van der Waals surface area contributed by atoms with Crippen LogP contribution in [0.5, 0.6) is 0 Å². The van der Waals surface area contributed by atoms with Crippen molar-refractivity contribution in [3.05, 3.63) is 34.2 Å². The Kier molecular flexibility index (Phi) is 4.93. The molecule has 0 saturated carbocycles. The summed E-state index contributed by atoms with van der Waals surface area (Å²) in [4.78, 5) is 35.2. The molecule has 1 rings (SSSR count). The van der Waals surface area contributed by atoms with Crippen molar-refractivity contribution >= 4 is 11.8 Å². The summed E-state index contributed by atoms with van der Waals surface area (Å²) >= 11 is 0. The van der Waals surface area contributed by atoms with Gasteiger partial charge in [0.25, 0.3) is 5.91 Å². The van der Waals surface area contributed by atoms with Crippen LogP contribution in [-0.4, -0.2) is 23.3 Å². The van der Waals surface area contributed by atoms with Gasteiger partial charge in [-0.05, 0) is 18.9 Å². The van der Waals surface area contributed by atoms with Crippen molar-refractivity contribution < 1.29 is 9.59 Å². The van der Waals surface area contributed by atoms with E-state index in [1.807, 2.05) is 0 Å². The first-order valence-electron chi connectivity index (χ1n) is 5.35. The molecule has 0 fully saturated rings. The maximum atomic E-state index is 11.5. The van der Waals surface area contributed by atoms with Crippen molar-refractivity contribution in [2.24, 2.45) is 5.73 Å². The number of rotatable bonds is 6. The second-order valence-corrected chi connectivity index (χ2v) is 3.62. The molecule has 92 valence electrons. The molecule has 0 saturated heterocycles. The molecule has 6 heteroatoms. The van der Waals surface area contributed by atoms with Gasteiger partial charge in [-0.2, -0.15) is 0 Å². The van der Waals surface area contributed by atoms with E-state index >= 15 is 0 Å². The zero-order valence-corrected chi connectivity index (χ0v) is 9.36. The fourth-order valence-corrected chi connectivity index (χ4v) is 1.28. The lowest BCUT2D eigenvalue weighted by Gasteiger charge is -2.03. The lowest BCUT2D eigenvalue weighted by Crippen LogP contribution is -2.25. The second-order valence-electron chi connectivity index (χ2n) is 3.62. The van der Waals surface area contributed by atoms with Crippen molar-refractivity contribution in [1.82, 2.24) is 10.3 Å². The molecule has 2 amide bonds. The van der Waals surface area contributed by atoms with Crippen LogP contribution in [0.2, 0.25) is 0 Å². The molecule has 0 aliphatic rings. The highest BCUT2D eigenvalue weighted by atomic mass is 16.2. The van der Waals surface area contributed by atoms with E-state index in [2.05, 4.69) is 10.3 Å². The molecular weight excluding hydrogens is 222 g/mol. The van der Waals surface area contributed by atoms with Crippen LogP contribution in [0, 0.1) is 0 Å². The van der Waals surface area contributed by atoms with Gasteiger partial charge in [-0.25, -0.2) is 0 Å². The molecule has 6 nitrogen and oxygen atoms in total. The Balaban J connectivity index is 2.28. The number of nitrogens with one attached hydrogen (secondary N) is 2. The zero-order chi connectivity index (χ0) is 12.7. The van der Waals surface area contributed by atoms with Gasteiger partial charge in [-0.15, -0.1) is 0 Å². The van der Waals surface area contributed by atoms with Gasteiger partial charge in [-0.3, -0.25) is 14.4 Å². The molecule has 1 aromatic heterocycles. The largest absolute Gasteiger partial charge is 0.370 e. The summed E-state index contributed by atoms with van der Waals surface area (Å²) in [6, 6.07) is 2.75. The first kappa shape index (κ1) is 13.0. The van der Waals surface area contributed by atoms with Gasteiger partial charge in [-0.1, -0.05) is 0 Å². The number of carbonyl (C=O) groups is 2. The highest BCUT2D eigenvalue weighted by molar-refractivity contribution is 5.93. The Bertz CT molecular complexity index is 433. The number of aromatic nitrogens is 1. The molecule has 0 radical (unpaired) electrons. The first-order chi connectivity index (χ1) is 8.09. The van der Waals surface area contributed by atoms with Crippen LogP contribution >= 0.6 is 0 Å². The van der Waals surface area contributed by atoms with Gasteiger partial charge in [0.2, 0.25) is 11.5 Å². The topological polar surface area (TPSA) is 105 Å². The van der Waals surface area contributed by atoms with Crippen molar-refractivity contribution in [1.29, 1.82) is 0 Å². The average molecular weight is 237 g/mol. The lowest BCUT2D eigenvalue weighted by molar-refractivity contribution is -0.118. The van der Waals surface area contributed by atoms with Gasteiger partial charge in [0, 0.05) is 25.2 Å². The SMILES string of the molecule is NC(=O)CCCCNC(=O)c1ccc(=O)[nH]c1. The van der Waals surface area contributed by atoms with E-state index in [1.54, 1.807) is 0 Å². The van der Waals surface area contributed by atoms with E-state index in [1.165, 1.54) is 18.3 Å². The number of primary amides is 1. The van der Waals surface area contributed by atoms with Crippen LogP contribution in [0.3, 0.4) is 0 Å². The van der Waals surface area contributed by atoms with Crippen molar-refractivity contribution in [2.75, 3.05) is 6.54 Å². The summed E-state index contributed by atoms with van der Waals surface area (Å²) in [6.07, 6.45) is 3.04. The minimum Gasteiger partial charge on any atom is -0.370 e. The third-order valence-corrected chi connectivity index (χ3v) is 2.18. The average Bonchev–Trinajstić information content (AvgIpc) is 2.29. The van der Waals surface area contributed by atoms with E-state index in [-0.39, 0.29) is 17.4 Å². The number of hydrogen-bond acceptors (Lipinski definition) is 3.